The fraction of sp³-hybridized carbons (Fsp3) is 0.750. The molecule has 0 fully saturated rings. The van der Waals surface area contributed by atoms with E-state index in [0.717, 1.165) is 0 Å². The van der Waals surface area contributed by atoms with Crippen LogP contribution in [0.4, 0.5) is 8.78 Å². The van der Waals surface area contributed by atoms with Crippen LogP contribution in [0.3, 0.4) is 0 Å². The van der Waals surface area contributed by atoms with Crippen LogP contribution in [-0.4, -0.2) is 54.4 Å². The van der Waals surface area contributed by atoms with Gasteiger partial charge in [-0.15, -0.1) is 0 Å². The molecule has 94 valence electrons. The molecule has 0 aliphatic heterocycles. The first-order chi connectivity index (χ1) is 7.47. The van der Waals surface area contributed by atoms with Crippen LogP contribution >= 0.6 is 0 Å². The van der Waals surface area contributed by atoms with Crippen molar-refractivity contribution in [3.05, 3.63) is 0 Å². The molecule has 0 rings (SSSR count). The Bertz CT molecular complexity index is 236. The third-order valence-corrected chi connectivity index (χ3v) is 1.53. The molecule has 16 heavy (non-hydrogen) atoms. The van der Waals surface area contributed by atoms with Gasteiger partial charge in [0.15, 0.2) is 0 Å². The summed E-state index contributed by atoms with van der Waals surface area (Å²) >= 11 is 0. The highest BCUT2D eigenvalue weighted by Gasteiger charge is 2.18. The molecule has 1 amide bonds. The van der Waals surface area contributed by atoms with E-state index < -0.39 is 37.6 Å². The molecule has 3 N–H and O–H groups in total. The zero-order valence-corrected chi connectivity index (χ0v) is 8.36. The van der Waals surface area contributed by atoms with Crippen LogP contribution in [0.5, 0.6) is 0 Å². The Labute approximate surface area is 90.2 Å². The first kappa shape index (κ1) is 14.7. The van der Waals surface area contributed by atoms with Crippen molar-refractivity contribution >= 4 is 11.9 Å². The number of carboxylic acid groups (broad SMARTS) is 1. The Hall–Kier alpha value is -1.28. The number of amides is 1. The highest BCUT2D eigenvalue weighted by molar-refractivity contribution is 5.83. The molecule has 0 aromatic heterocycles. The normalized spacial score (nSPS) is 12.5. The molecule has 6 nitrogen and oxygen atoms in total. The Morgan fingerprint density at radius 3 is 2.44 bits per heavy atom. The van der Waals surface area contributed by atoms with Crippen LogP contribution in [0.2, 0.25) is 0 Å². The van der Waals surface area contributed by atoms with Gasteiger partial charge in [-0.3, -0.25) is 4.79 Å². The quantitative estimate of drug-likeness (QED) is 0.484. The van der Waals surface area contributed by atoms with Gasteiger partial charge in [-0.25, -0.2) is 13.6 Å². The van der Waals surface area contributed by atoms with Crippen LogP contribution in [0.25, 0.3) is 0 Å². The zero-order chi connectivity index (χ0) is 12.6. The van der Waals surface area contributed by atoms with E-state index in [1.807, 2.05) is 5.32 Å². The molecule has 8 heteroatoms. The van der Waals surface area contributed by atoms with E-state index in [4.69, 9.17) is 10.2 Å². The fourth-order valence-electron chi connectivity index (χ4n) is 0.789. The monoisotopic (exact) mass is 241 g/mol. The minimum atomic E-state index is -2.60. The lowest BCUT2D eigenvalue weighted by molar-refractivity contribution is -0.143. The van der Waals surface area contributed by atoms with Gasteiger partial charge in [0.2, 0.25) is 5.91 Å². The topological polar surface area (TPSA) is 95.9 Å². The maximum atomic E-state index is 11.6. The molecule has 1 atom stereocenters. The average Bonchev–Trinajstić information content (AvgIpc) is 2.20. The molecule has 0 aliphatic carbocycles. The van der Waals surface area contributed by atoms with Gasteiger partial charge in [0.1, 0.15) is 12.6 Å². The second-order valence-electron chi connectivity index (χ2n) is 2.86. The van der Waals surface area contributed by atoms with Crippen LogP contribution in [0.15, 0.2) is 0 Å². The number of carbonyl (C=O) groups is 2. The standard InChI is InChI=1S/C8H13F2NO5/c9-6(10)4-16-2-1-7(13)11-5(3-12)8(14)15/h5-6,12H,1-4H2,(H,11,13)(H,14,15)/t5-/m0/s1. The second-order valence-corrected chi connectivity index (χ2v) is 2.86. The van der Waals surface area contributed by atoms with E-state index >= 15 is 0 Å². The summed E-state index contributed by atoms with van der Waals surface area (Å²) in [6, 6.07) is -1.39. The van der Waals surface area contributed by atoms with Crippen LogP contribution in [0, 0.1) is 0 Å². The Morgan fingerprint density at radius 1 is 1.38 bits per heavy atom. The first-order valence-electron chi connectivity index (χ1n) is 4.46. The van der Waals surface area contributed by atoms with Gasteiger partial charge in [-0.2, -0.15) is 0 Å². The lowest BCUT2D eigenvalue weighted by Crippen LogP contribution is -2.43. The summed E-state index contributed by atoms with van der Waals surface area (Å²) < 4.78 is 27.6. The highest BCUT2D eigenvalue weighted by Crippen LogP contribution is 1.94. The van der Waals surface area contributed by atoms with Crippen molar-refractivity contribution in [3.63, 3.8) is 0 Å². The largest absolute Gasteiger partial charge is 0.480 e. The summed E-state index contributed by atoms with van der Waals surface area (Å²) in [5, 5.41) is 19.0. The van der Waals surface area contributed by atoms with Crippen molar-refractivity contribution < 1.29 is 33.3 Å². The predicted octanol–water partition coefficient (Wildman–Crippen LogP) is -0.780. The number of rotatable bonds is 8. The molecular formula is C8H13F2NO5. The van der Waals surface area contributed by atoms with Crippen molar-refractivity contribution in [2.24, 2.45) is 0 Å². The molecule has 0 aliphatic rings. The molecule has 0 bridgehead atoms. The van der Waals surface area contributed by atoms with Crippen molar-refractivity contribution in [1.82, 2.24) is 5.32 Å². The number of carbonyl (C=O) groups excluding carboxylic acids is 1. The number of aliphatic hydroxyl groups excluding tert-OH is 1. The van der Waals surface area contributed by atoms with Crippen molar-refractivity contribution in [1.29, 1.82) is 0 Å². The summed E-state index contributed by atoms with van der Waals surface area (Å²) in [6.07, 6.45) is -2.84. The summed E-state index contributed by atoms with van der Waals surface area (Å²) in [4.78, 5) is 21.4. The number of nitrogens with one attached hydrogen (secondary N) is 1. The molecule has 0 saturated heterocycles. The van der Waals surface area contributed by atoms with Gasteiger partial charge in [0, 0.05) is 6.42 Å². The molecule has 0 spiro atoms. The van der Waals surface area contributed by atoms with E-state index in [2.05, 4.69) is 4.74 Å². The maximum absolute atomic E-state index is 11.6. The van der Waals surface area contributed by atoms with Crippen LogP contribution in [0.1, 0.15) is 6.42 Å². The molecule has 0 saturated carbocycles. The summed E-state index contributed by atoms with van der Waals surface area (Å²) in [5.74, 6) is -2.06. The first-order valence-corrected chi connectivity index (χ1v) is 4.46. The molecule has 0 unspecified atom stereocenters. The van der Waals surface area contributed by atoms with Crippen molar-refractivity contribution in [2.45, 2.75) is 18.9 Å². The van der Waals surface area contributed by atoms with Gasteiger partial charge in [0.25, 0.3) is 6.43 Å². The van der Waals surface area contributed by atoms with Crippen molar-refractivity contribution in [3.8, 4) is 0 Å². The minimum Gasteiger partial charge on any atom is -0.480 e. The second kappa shape index (κ2) is 7.94. The van der Waals surface area contributed by atoms with Crippen LogP contribution in [-0.2, 0) is 14.3 Å². The lowest BCUT2D eigenvalue weighted by Gasteiger charge is -2.11. The number of carboxylic acids is 1. The summed E-state index contributed by atoms with van der Waals surface area (Å²) in [5.41, 5.74) is 0. The zero-order valence-electron chi connectivity index (χ0n) is 8.36. The van der Waals surface area contributed by atoms with Gasteiger partial charge in [-0.05, 0) is 0 Å². The number of alkyl halides is 2. The maximum Gasteiger partial charge on any atom is 0.328 e. The number of ether oxygens (including phenoxy) is 1. The number of halogens is 2. The third-order valence-electron chi connectivity index (χ3n) is 1.53. The van der Waals surface area contributed by atoms with Gasteiger partial charge in [-0.1, -0.05) is 0 Å². The van der Waals surface area contributed by atoms with Gasteiger partial charge >= 0.3 is 5.97 Å². The van der Waals surface area contributed by atoms with E-state index in [1.54, 1.807) is 0 Å². The van der Waals surface area contributed by atoms with Crippen LogP contribution < -0.4 is 5.32 Å². The number of aliphatic hydroxyl groups is 1. The highest BCUT2D eigenvalue weighted by atomic mass is 19.3. The molecule has 0 radical (unpaired) electrons. The number of hydrogen-bond acceptors (Lipinski definition) is 4. The van der Waals surface area contributed by atoms with Gasteiger partial charge < -0.3 is 20.3 Å². The SMILES string of the molecule is O=C(CCOCC(F)F)N[C@@H](CO)C(=O)O. The Kier molecular flexibility index (Phi) is 7.31. The van der Waals surface area contributed by atoms with Gasteiger partial charge in [0.05, 0.1) is 13.2 Å². The van der Waals surface area contributed by atoms with E-state index in [0.29, 0.717) is 0 Å². The number of aliphatic carboxylic acids is 1. The lowest BCUT2D eigenvalue weighted by atomic mass is 10.3. The van der Waals surface area contributed by atoms with Crippen molar-refractivity contribution in [2.75, 3.05) is 19.8 Å². The Balaban J connectivity index is 3.69. The smallest absolute Gasteiger partial charge is 0.328 e. The molecule has 0 aromatic carbocycles. The summed E-state index contributed by atoms with van der Waals surface area (Å²) in [7, 11) is 0. The molecular weight excluding hydrogens is 228 g/mol. The Morgan fingerprint density at radius 2 is 2.00 bits per heavy atom. The fourth-order valence-corrected chi connectivity index (χ4v) is 0.789. The molecule has 0 aromatic rings. The van der Waals surface area contributed by atoms with E-state index in [1.165, 1.54) is 0 Å². The van der Waals surface area contributed by atoms with E-state index in [-0.39, 0.29) is 13.0 Å². The summed E-state index contributed by atoms with van der Waals surface area (Å²) in [6.45, 7) is -1.73. The van der Waals surface area contributed by atoms with E-state index in [9.17, 15) is 18.4 Å². The minimum absolute atomic E-state index is 0.228. The molecule has 0 heterocycles. The third kappa shape index (κ3) is 7.07. The average molecular weight is 241 g/mol. The number of hydrogen-bond donors (Lipinski definition) is 3. The predicted molar refractivity (Wildman–Crippen MR) is 48.1 cm³/mol.